The number of hydrogen-bond donors (Lipinski definition) is 0. The number of hydrogen-bond acceptors (Lipinski definition) is 3. The number of aryl methyl sites for hydroxylation is 1. The number of carbonyl (C=O) groups excluding carboxylic acids is 2. The summed E-state index contributed by atoms with van der Waals surface area (Å²) in [5.41, 5.74) is 0.0846. The van der Waals surface area contributed by atoms with E-state index in [0.717, 1.165) is 64.1 Å². The summed E-state index contributed by atoms with van der Waals surface area (Å²) in [4.78, 5) is 33.7. The molecule has 0 aliphatic carbocycles. The van der Waals surface area contributed by atoms with E-state index in [0.29, 0.717) is 18.9 Å². The third kappa shape index (κ3) is 4.71. The maximum atomic E-state index is 12.9. The molecule has 150 valence electrons. The van der Waals surface area contributed by atoms with Crippen molar-refractivity contribution < 1.29 is 9.59 Å². The average molecular weight is 375 g/mol. The van der Waals surface area contributed by atoms with Crippen molar-refractivity contribution in [3.05, 3.63) is 18.2 Å². The molecule has 0 saturated carbocycles. The van der Waals surface area contributed by atoms with Crippen molar-refractivity contribution >= 4 is 11.8 Å². The molecule has 1 aromatic rings. The fraction of sp³-hybridized carbons (Fsp3) is 0.762. The number of likely N-dealkylation sites (tertiary alicyclic amines) is 2. The van der Waals surface area contributed by atoms with Gasteiger partial charge < -0.3 is 14.4 Å². The summed E-state index contributed by atoms with van der Waals surface area (Å²) in [5, 5.41) is 0. The summed E-state index contributed by atoms with van der Waals surface area (Å²) < 4.78 is 1.96. The van der Waals surface area contributed by atoms with E-state index in [9.17, 15) is 9.59 Å². The van der Waals surface area contributed by atoms with Crippen LogP contribution in [0.4, 0.5) is 0 Å². The summed E-state index contributed by atoms with van der Waals surface area (Å²) in [6, 6.07) is 0. The Balaban J connectivity index is 1.64. The molecule has 2 fully saturated rings. The van der Waals surface area contributed by atoms with Crippen LogP contribution in [0.1, 0.15) is 58.7 Å². The first-order valence-corrected chi connectivity index (χ1v) is 10.5. The van der Waals surface area contributed by atoms with Crippen LogP contribution in [0.15, 0.2) is 12.4 Å². The lowest BCUT2D eigenvalue weighted by Gasteiger charge is -2.48. The number of aromatic nitrogens is 2. The Morgan fingerprint density at radius 2 is 2.11 bits per heavy atom. The summed E-state index contributed by atoms with van der Waals surface area (Å²) in [6.07, 6.45) is 9.23. The van der Waals surface area contributed by atoms with Gasteiger partial charge in [-0.05, 0) is 31.6 Å². The number of piperidine rings is 2. The van der Waals surface area contributed by atoms with E-state index < -0.39 is 0 Å². The fourth-order valence-electron chi connectivity index (χ4n) is 4.52. The van der Waals surface area contributed by atoms with Gasteiger partial charge in [0, 0.05) is 56.8 Å². The van der Waals surface area contributed by atoms with Crippen LogP contribution in [-0.2, 0) is 22.6 Å². The van der Waals surface area contributed by atoms with E-state index in [1.54, 1.807) is 6.20 Å². The first kappa shape index (κ1) is 19.9. The second-order valence-electron chi connectivity index (χ2n) is 8.74. The second-order valence-corrected chi connectivity index (χ2v) is 8.74. The smallest absolute Gasteiger partial charge is 0.242 e. The zero-order valence-corrected chi connectivity index (χ0v) is 17.1. The van der Waals surface area contributed by atoms with Crippen molar-refractivity contribution in [1.82, 2.24) is 19.4 Å². The maximum absolute atomic E-state index is 12.9. The van der Waals surface area contributed by atoms with Crippen molar-refractivity contribution in [3.8, 4) is 0 Å². The molecule has 3 heterocycles. The van der Waals surface area contributed by atoms with Crippen molar-refractivity contribution in [1.29, 1.82) is 0 Å². The van der Waals surface area contributed by atoms with Gasteiger partial charge in [-0.25, -0.2) is 4.98 Å². The van der Waals surface area contributed by atoms with E-state index in [-0.39, 0.29) is 17.2 Å². The molecule has 1 aromatic heterocycles. The van der Waals surface area contributed by atoms with Crippen LogP contribution in [0, 0.1) is 11.3 Å². The van der Waals surface area contributed by atoms with E-state index in [2.05, 4.69) is 30.7 Å². The van der Waals surface area contributed by atoms with Crippen LogP contribution < -0.4 is 0 Å². The van der Waals surface area contributed by atoms with Gasteiger partial charge in [0.1, 0.15) is 12.4 Å². The molecule has 6 heteroatoms. The van der Waals surface area contributed by atoms with Crippen LogP contribution in [0.3, 0.4) is 0 Å². The lowest BCUT2D eigenvalue weighted by atomic mass is 9.73. The van der Waals surface area contributed by atoms with Crippen molar-refractivity contribution in [2.75, 3.05) is 26.2 Å². The third-order valence-corrected chi connectivity index (χ3v) is 6.16. The summed E-state index contributed by atoms with van der Waals surface area (Å²) in [7, 11) is 0. The molecule has 0 radical (unpaired) electrons. The van der Waals surface area contributed by atoms with Crippen molar-refractivity contribution in [2.45, 2.75) is 65.8 Å². The Kier molecular flexibility index (Phi) is 6.22. The molecule has 27 heavy (non-hydrogen) atoms. The quantitative estimate of drug-likeness (QED) is 0.769. The molecule has 0 bridgehead atoms. The van der Waals surface area contributed by atoms with Gasteiger partial charge in [0.2, 0.25) is 11.8 Å². The molecule has 3 rings (SSSR count). The van der Waals surface area contributed by atoms with Gasteiger partial charge in [-0.3, -0.25) is 9.59 Å². The molecular weight excluding hydrogens is 340 g/mol. The Labute approximate surface area is 162 Å². The molecule has 0 N–H and O–H groups in total. The summed E-state index contributed by atoms with van der Waals surface area (Å²) >= 11 is 0. The highest BCUT2D eigenvalue weighted by Gasteiger charge is 2.42. The highest BCUT2D eigenvalue weighted by atomic mass is 16.2. The van der Waals surface area contributed by atoms with Gasteiger partial charge in [0.15, 0.2) is 0 Å². The molecule has 1 atom stereocenters. The standard InChI is InChI=1S/C21H34N4O2/c1-4-18-22-10-13-23(18)14-20(27)24-11-5-8-21(15-24)9-6-19(26)25(16-21)12-7-17(2)3/h10,13,17H,4-9,11-12,14-16H2,1-3H3/t21-/m1/s1. The monoisotopic (exact) mass is 374 g/mol. The molecule has 0 unspecified atom stereocenters. The van der Waals surface area contributed by atoms with E-state index in [1.807, 2.05) is 15.7 Å². The van der Waals surface area contributed by atoms with Gasteiger partial charge in [0.05, 0.1) is 0 Å². The second kappa shape index (κ2) is 8.44. The Morgan fingerprint density at radius 1 is 1.30 bits per heavy atom. The lowest BCUT2D eigenvalue weighted by molar-refractivity contribution is -0.143. The zero-order valence-electron chi connectivity index (χ0n) is 17.1. The van der Waals surface area contributed by atoms with Crippen LogP contribution in [-0.4, -0.2) is 57.3 Å². The van der Waals surface area contributed by atoms with Crippen LogP contribution in [0.2, 0.25) is 0 Å². The average Bonchev–Trinajstić information content (AvgIpc) is 3.10. The van der Waals surface area contributed by atoms with E-state index in [4.69, 9.17) is 0 Å². The SMILES string of the molecule is CCc1nccn1CC(=O)N1CCC[C@@]2(CCC(=O)N(CCC(C)C)C2)C1. The molecule has 2 amide bonds. The minimum absolute atomic E-state index is 0.0846. The Morgan fingerprint density at radius 3 is 2.85 bits per heavy atom. The Hall–Kier alpha value is -1.85. The number of imidazole rings is 1. The van der Waals surface area contributed by atoms with Gasteiger partial charge in [-0.2, -0.15) is 0 Å². The van der Waals surface area contributed by atoms with Gasteiger partial charge in [0.25, 0.3) is 0 Å². The molecule has 0 aromatic carbocycles. The Bertz CT molecular complexity index is 669. The predicted octanol–water partition coefficient (Wildman–Crippen LogP) is 2.72. The minimum atomic E-state index is 0.0846. The number of nitrogens with zero attached hydrogens (tertiary/aromatic N) is 4. The maximum Gasteiger partial charge on any atom is 0.242 e. The number of carbonyl (C=O) groups is 2. The topological polar surface area (TPSA) is 58.4 Å². The van der Waals surface area contributed by atoms with Gasteiger partial charge in [-0.1, -0.05) is 20.8 Å². The fourth-order valence-corrected chi connectivity index (χ4v) is 4.52. The first-order chi connectivity index (χ1) is 12.9. The predicted molar refractivity (Wildman–Crippen MR) is 105 cm³/mol. The highest BCUT2D eigenvalue weighted by Crippen LogP contribution is 2.39. The summed E-state index contributed by atoms with van der Waals surface area (Å²) in [6.45, 7) is 10.1. The van der Waals surface area contributed by atoms with Crippen LogP contribution >= 0.6 is 0 Å². The van der Waals surface area contributed by atoms with Gasteiger partial charge in [-0.15, -0.1) is 0 Å². The van der Waals surface area contributed by atoms with Crippen molar-refractivity contribution in [2.24, 2.45) is 11.3 Å². The normalized spacial score (nSPS) is 23.5. The highest BCUT2D eigenvalue weighted by molar-refractivity contribution is 5.78. The molecule has 2 aliphatic heterocycles. The number of amides is 2. The van der Waals surface area contributed by atoms with E-state index >= 15 is 0 Å². The zero-order chi connectivity index (χ0) is 19.4. The molecule has 1 spiro atoms. The molecule has 2 saturated heterocycles. The van der Waals surface area contributed by atoms with Crippen molar-refractivity contribution in [3.63, 3.8) is 0 Å². The van der Waals surface area contributed by atoms with Crippen LogP contribution in [0.25, 0.3) is 0 Å². The summed E-state index contributed by atoms with van der Waals surface area (Å²) in [5.74, 6) is 2.02. The lowest BCUT2D eigenvalue weighted by Crippen LogP contribution is -2.55. The van der Waals surface area contributed by atoms with E-state index in [1.165, 1.54) is 0 Å². The largest absolute Gasteiger partial charge is 0.342 e. The van der Waals surface area contributed by atoms with Gasteiger partial charge >= 0.3 is 0 Å². The molecular formula is C21H34N4O2. The first-order valence-electron chi connectivity index (χ1n) is 10.5. The van der Waals surface area contributed by atoms with Crippen LogP contribution in [0.5, 0.6) is 0 Å². The number of rotatable bonds is 6. The minimum Gasteiger partial charge on any atom is -0.342 e. The molecule has 2 aliphatic rings. The third-order valence-electron chi connectivity index (χ3n) is 6.16. The molecule has 6 nitrogen and oxygen atoms in total.